The van der Waals surface area contributed by atoms with E-state index in [0.29, 0.717) is 22.6 Å². The Morgan fingerprint density at radius 3 is 2.50 bits per heavy atom. The highest BCUT2D eigenvalue weighted by Crippen LogP contribution is 2.36. The molecule has 0 aliphatic heterocycles. The van der Waals surface area contributed by atoms with Gasteiger partial charge in [-0.1, -0.05) is 53.7 Å². The summed E-state index contributed by atoms with van der Waals surface area (Å²) in [7, 11) is 1.87. The van der Waals surface area contributed by atoms with Gasteiger partial charge in [0, 0.05) is 17.6 Å². The molecule has 134 valence electrons. The Morgan fingerprint density at radius 1 is 1.15 bits per heavy atom. The normalized spacial score (nSPS) is 12.0. The highest BCUT2D eigenvalue weighted by atomic mass is 35.5. The SMILES string of the molecule is CCOC(=O)[C@@H](Sc1nnc(-c2ccc(Cl)cc2)n1C)c1ccccc1. The zero-order valence-electron chi connectivity index (χ0n) is 14.4. The maximum absolute atomic E-state index is 12.5. The smallest absolute Gasteiger partial charge is 0.324 e. The summed E-state index contributed by atoms with van der Waals surface area (Å²) in [6.07, 6.45) is 0. The van der Waals surface area contributed by atoms with Gasteiger partial charge < -0.3 is 9.30 Å². The topological polar surface area (TPSA) is 57.0 Å². The van der Waals surface area contributed by atoms with Crippen molar-refractivity contribution in [2.75, 3.05) is 6.61 Å². The standard InChI is InChI=1S/C19H18ClN3O2S/c1-3-25-18(24)16(13-7-5-4-6-8-13)26-19-22-21-17(23(19)2)14-9-11-15(20)12-10-14/h4-12,16H,3H2,1-2H3/t16-/m0/s1. The number of nitrogens with zero attached hydrogens (tertiary/aromatic N) is 3. The molecule has 0 aliphatic carbocycles. The van der Waals surface area contributed by atoms with E-state index in [-0.39, 0.29) is 5.97 Å². The summed E-state index contributed by atoms with van der Waals surface area (Å²) in [6, 6.07) is 16.9. The van der Waals surface area contributed by atoms with Gasteiger partial charge in [-0.05, 0) is 36.8 Å². The zero-order valence-corrected chi connectivity index (χ0v) is 16.0. The number of aromatic nitrogens is 3. The molecule has 1 heterocycles. The Bertz CT molecular complexity index is 882. The summed E-state index contributed by atoms with van der Waals surface area (Å²) in [5, 5.41) is 9.32. The maximum atomic E-state index is 12.5. The summed E-state index contributed by atoms with van der Waals surface area (Å²) >= 11 is 7.27. The summed E-state index contributed by atoms with van der Waals surface area (Å²) in [5.74, 6) is 0.416. The number of rotatable bonds is 6. The first-order valence-electron chi connectivity index (χ1n) is 8.13. The molecule has 7 heteroatoms. The van der Waals surface area contributed by atoms with Crippen LogP contribution in [-0.4, -0.2) is 27.3 Å². The summed E-state index contributed by atoms with van der Waals surface area (Å²) in [5.41, 5.74) is 1.77. The summed E-state index contributed by atoms with van der Waals surface area (Å²) in [6.45, 7) is 2.13. The van der Waals surface area contributed by atoms with Crippen LogP contribution in [0.1, 0.15) is 17.7 Å². The van der Waals surface area contributed by atoms with E-state index in [2.05, 4.69) is 10.2 Å². The molecule has 3 aromatic rings. The van der Waals surface area contributed by atoms with E-state index >= 15 is 0 Å². The number of hydrogen-bond donors (Lipinski definition) is 0. The molecule has 0 saturated heterocycles. The second-order valence-electron chi connectivity index (χ2n) is 5.53. The fourth-order valence-electron chi connectivity index (χ4n) is 2.47. The number of hydrogen-bond acceptors (Lipinski definition) is 5. The highest BCUT2D eigenvalue weighted by molar-refractivity contribution is 8.00. The molecular formula is C19H18ClN3O2S. The van der Waals surface area contributed by atoms with Crippen LogP contribution in [0.3, 0.4) is 0 Å². The van der Waals surface area contributed by atoms with Gasteiger partial charge >= 0.3 is 5.97 Å². The van der Waals surface area contributed by atoms with E-state index in [0.717, 1.165) is 11.1 Å². The molecule has 0 fully saturated rings. The average molecular weight is 388 g/mol. The van der Waals surface area contributed by atoms with Gasteiger partial charge in [-0.25, -0.2) is 0 Å². The fraction of sp³-hybridized carbons (Fsp3) is 0.211. The lowest BCUT2D eigenvalue weighted by Gasteiger charge is -2.15. The second kappa shape index (κ2) is 8.38. The Hall–Kier alpha value is -2.31. The largest absolute Gasteiger partial charge is 0.465 e. The van der Waals surface area contributed by atoms with Crippen LogP contribution in [0.4, 0.5) is 0 Å². The lowest BCUT2D eigenvalue weighted by atomic mass is 10.1. The monoisotopic (exact) mass is 387 g/mol. The number of carbonyl (C=O) groups is 1. The summed E-state index contributed by atoms with van der Waals surface area (Å²) < 4.78 is 7.11. The molecule has 0 bridgehead atoms. The molecule has 0 amide bonds. The van der Waals surface area contributed by atoms with Gasteiger partial charge in [0.25, 0.3) is 0 Å². The van der Waals surface area contributed by atoms with E-state index in [4.69, 9.17) is 16.3 Å². The third-order valence-corrected chi connectivity index (χ3v) is 5.28. The predicted octanol–water partition coefficient (Wildman–Crippen LogP) is 4.53. The van der Waals surface area contributed by atoms with Gasteiger partial charge in [0.2, 0.25) is 0 Å². The minimum absolute atomic E-state index is 0.292. The molecule has 2 aromatic carbocycles. The van der Waals surface area contributed by atoms with Crippen molar-refractivity contribution in [3.8, 4) is 11.4 Å². The molecule has 5 nitrogen and oxygen atoms in total. The highest BCUT2D eigenvalue weighted by Gasteiger charge is 2.26. The molecular weight excluding hydrogens is 370 g/mol. The van der Waals surface area contributed by atoms with Crippen molar-refractivity contribution in [3.63, 3.8) is 0 Å². The van der Waals surface area contributed by atoms with Gasteiger partial charge in [0.1, 0.15) is 5.25 Å². The number of carbonyl (C=O) groups excluding carboxylic acids is 1. The van der Waals surface area contributed by atoms with Crippen molar-refractivity contribution in [2.24, 2.45) is 7.05 Å². The molecule has 0 N–H and O–H groups in total. The summed E-state index contributed by atoms with van der Waals surface area (Å²) in [4.78, 5) is 12.5. The van der Waals surface area contributed by atoms with Gasteiger partial charge in [-0.2, -0.15) is 0 Å². The number of halogens is 1. The minimum atomic E-state index is -0.503. The molecule has 3 rings (SSSR count). The predicted molar refractivity (Wildman–Crippen MR) is 103 cm³/mol. The first kappa shape index (κ1) is 18.5. The molecule has 26 heavy (non-hydrogen) atoms. The van der Waals surface area contributed by atoms with E-state index in [1.165, 1.54) is 11.8 Å². The van der Waals surface area contributed by atoms with E-state index < -0.39 is 5.25 Å². The zero-order chi connectivity index (χ0) is 18.5. The van der Waals surface area contributed by atoms with Crippen LogP contribution in [-0.2, 0) is 16.6 Å². The molecule has 1 aromatic heterocycles. The van der Waals surface area contributed by atoms with Crippen LogP contribution in [0.15, 0.2) is 59.8 Å². The average Bonchev–Trinajstić information content (AvgIpc) is 3.02. The van der Waals surface area contributed by atoms with Crippen molar-refractivity contribution in [2.45, 2.75) is 17.3 Å². The number of benzene rings is 2. The fourth-order valence-corrected chi connectivity index (χ4v) is 3.60. The van der Waals surface area contributed by atoms with Crippen LogP contribution in [0.25, 0.3) is 11.4 Å². The van der Waals surface area contributed by atoms with Crippen molar-refractivity contribution in [1.29, 1.82) is 0 Å². The van der Waals surface area contributed by atoms with Crippen LogP contribution < -0.4 is 0 Å². The number of esters is 1. The van der Waals surface area contributed by atoms with Gasteiger partial charge in [0.15, 0.2) is 11.0 Å². The van der Waals surface area contributed by atoms with Crippen LogP contribution in [0, 0.1) is 0 Å². The van der Waals surface area contributed by atoms with E-state index in [9.17, 15) is 4.79 Å². The molecule has 0 saturated carbocycles. The number of ether oxygens (including phenoxy) is 1. The maximum Gasteiger partial charge on any atom is 0.324 e. The Balaban J connectivity index is 1.90. The van der Waals surface area contributed by atoms with Crippen molar-refractivity contribution in [3.05, 3.63) is 65.2 Å². The van der Waals surface area contributed by atoms with Gasteiger partial charge in [-0.15, -0.1) is 10.2 Å². The number of thioether (sulfide) groups is 1. The Labute approximate surface area is 161 Å². The Morgan fingerprint density at radius 2 is 1.85 bits per heavy atom. The van der Waals surface area contributed by atoms with Crippen molar-refractivity contribution >= 4 is 29.3 Å². The van der Waals surface area contributed by atoms with Crippen molar-refractivity contribution in [1.82, 2.24) is 14.8 Å². The quantitative estimate of drug-likeness (QED) is 0.459. The lowest BCUT2D eigenvalue weighted by molar-refractivity contribution is -0.142. The third-order valence-electron chi connectivity index (χ3n) is 3.76. The van der Waals surface area contributed by atoms with Gasteiger partial charge in [0.05, 0.1) is 6.61 Å². The van der Waals surface area contributed by atoms with Gasteiger partial charge in [-0.3, -0.25) is 4.79 Å². The molecule has 0 radical (unpaired) electrons. The van der Waals surface area contributed by atoms with E-state index in [1.54, 1.807) is 6.92 Å². The Kier molecular flexibility index (Phi) is 5.96. The van der Waals surface area contributed by atoms with Crippen LogP contribution in [0.5, 0.6) is 0 Å². The second-order valence-corrected chi connectivity index (χ2v) is 7.04. The van der Waals surface area contributed by atoms with Crippen LogP contribution >= 0.6 is 23.4 Å². The molecule has 0 spiro atoms. The third kappa shape index (κ3) is 4.08. The first-order valence-corrected chi connectivity index (χ1v) is 9.39. The first-order chi connectivity index (χ1) is 12.6. The van der Waals surface area contributed by atoms with Crippen molar-refractivity contribution < 1.29 is 9.53 Å². The molecule has 0 unspecified atom stereocenters. The molecule has 1 atom stereocenters. The van der Waals surface area contributed by atoms with E-state index in [1.807, 2.05) is 66.2 Å². The molecule has 0 aliphatic rings. The lowest BCUT2D eigenvalue weighted by Crippen LogP contribution is -2.14. The minimum Gasteiger partial charge on any atom is -0.465 e. The van der Waals surface area contributed by atoms with Crippen LogP contribution in [0.2, 0.25) is 5.02 Å².